The number of methoxy groups -OCH3 is 2. The van der Waals surface area contributed by atoms with Crippen LogP contribution in [0.2, 0.25) is 0 Å². The van der Waals surface area contributed by atoms with Gasteiger partial charge in [-0.3, -0.25) is 67.5 Å². The number of nitrogens with one attached hydrogen (secondary N) is 2. The van der Waals surface area contributed by atoms with Crippen molar-refractivity contribution >= 4 is 71.2 Å². The fourth-order valence-electron chi connectivity index (χ4n) is 9.75. The van der Waals surface area contributed by atoms with E-state index in [0.717, 1.165) is 90.1 Å². The molecule has 29 nitrogen and oxygen atoms in total. The van der Waals surface area contributed by atoms with Gasteiger partial charge in [0.2, 0.25) is 23.6 Å². The minimum absolute atomic E-state index is 0.00915. The Bertz CT molecular complexity index is 2090. The molecule has 0 aromatic carbocycles. The average Bonchev–Trinajstić information content (AvgIpc) is 3.08. The first kappa shape index (κ1) is 78.6. The highest BCUT2D eigenvalue weighted by atomic mass is 16.5. The normalized spacial score (nSPS) is 14.6. The average molecular weight is 1250 g/mol. The van der Waals surface area contributed by atoms with E-state index in [2.05, 4.69) is 15.4 Å². The molecule has 0 aromatic rings. The number of carbonyl (C=O) groups is 12. The number of ketones is 1. The number of likely N-dealkylation sites (N-methyl/N-ethyl adjacent to an activating group) is 1. The second-order valence-corrected chi connectivity index (χ2v) is 21.6. The number of rotatable bonds is 50. The number of amides is 4. The predicted octanol–water partition coefficient (Wildman–Crippen LogP) is 1.46. The molecule has 2 rings (SSSR count). The molecule has 2 unspecified atom stereocenters. The number of esters is 3. The van der Waals surface area contributed by atoms with Crippen molar-refractivity contribution < 1.29 is 102 Å². The van der Waals surface area contributed by atoms with Crippen LogP contribution in [0.5, 0.6) is 0 Å². The smallest absolute Gasteiger partial charge is 0.328 e. The Morgan fingerprint density at radius 2 is 0.793 bits per heavy atom. The van der Waals surface area contributed by atoms with Crippen LogP contribution in [0.4, 0.5) is 0 Å². The quantitative estimate of drug-likeness (QED) is 0.0217. The maximum absolute atomic E-state index is 13.0. The van der Waals surface area contributed by atoms with Gasteiger partial charge in [-0.15, -0.1) is 0 Å². The molecule has 87 heavy (non-hydrogen) atoms. The molecule has 498 valence electrons. The number of unbranched alkanes of at least 4 members (excludes halogenated alkanes) is 11. The van der Waals surface area contributed by atoms with Crippen LogP contribution < -0.4 is 10.6 Å². The summed E-state index contributed by atoms with van der Waals surface area (Å²) in [5.41, 5.74) is 0. The summed E-state index contributed by atoms with van der Waals surface area (Å²) in [5.74, 6) is -6.81. The number of hydrogen-bond acceptors (Lipinski definition) is 21. The molecule has 0 aliphatic carbocycles. The molecule has 29 heteroatoms. The van der Waals surface area contributed by atoms with Gasteiger partial charge in [-0.25, -0.2) is 9.59 Å². The second kappa shape index (κ2) is 48.6. The molecule has 6 N–H and O–H groups in total. The van der Waals surface area contributed by atoms with Gasteiger partial charge in [0.15, 0.2) is 0 Å². The summed E-state index contributed by atoms with van der Waals surface area (Å²) in [6.45, 7) is 4.12. The summed E-state index contributed by atoms with van der Waals surface area (Å²) in [6, 6.07) is -1.04. The number of Topliss-reactive ketones (excluding diaryl/α,β-unsaturated/α-hetero) is 1. The molecular weight excluding hydrogens is 1140 g/mol. The number of carboxylic acid groups (broad SMARTS) is 4. The standard InChI is InChI=1S/C45H77N5O14.C13H23N3O7/c1-3-46-38(51)32-47(33-41(54)55)26-27-48(34-42(56)57)35-43(58)62-29-15-10-11-17-31-64-45(60)37-21-19-25-50(37)40(53)23-13-7-5-4-6-12-22-39(52)49-24-18-20-36(49)44(59)63-30-16-9-8-14-28-61-2;1-10(17)5-15(7-12(19)20)3-4-16(8-13(21)22)6-11(18)14-9-23-2/h36-37H,3-35H2,1-2H3,(H,46,51)(H,54,55)(H,56,57);3-9H2,1-2H3,(H,14,18)(H,19,20)(H,21,22). The minimum Gasteiger partial charge on any atom is -0.480 e. The first-order valence-corrected chi connectivity index (χ1v) is 30.5. The zero-order valence-corrected chi connectivity index (χ0v) is 51.9. The predicted molar refractivity (Wildman–Crippen MR) is 314 cm³/mol. The molecule has 2 aliphatic rings. The maximum atomic E-state index is 13.0. The first-order valence-electron chi connectivity index (χ1n) is 30.5. The third-order valence-electron chi connectivity index (χ3n) is 14.0. The zero-order chi connectivity index (χ0) is 64.8. The van der Waals surface area contributed by atoms with Gasteiger partial charge >= 0.3 is 41.8 Å². The van der Waals surface area contributed by atoms with Crippen LogP contribution in [0.1, 0.15) is 142 Å². The summed E-state index contributed by atoms with van der Waals surface area (Å²) in [6.07, 6.45) is 15.1. The van der Waals surface area contributed by atoms with Gasteiger partial charge in [0, 0.05) is 79.5 Å². The number of hydrogen-bond donors (Lipinski definition) is 6. The van der Waals surface area contributed by atoms with Gasteiger partial charge in [0.1, 0.15) is 24.6 Å². The summed E-state index contributed by atoms with van der Waals surface area (Å²) >= 11 is 0. The molecule has 2 saturated heterocycles. The highest BCUT2D eigenvalue weighted by Gasteiger charge is 2.36. The monoisotopic (exact) mass is 1240 g/mol. The van der Waals surface area contributed by atoms with Crippen molar-refractivity contribution in [1.29, 1.82) is 0 Å². The fraction of sp³-hybridized carbons (Fsp3) is 0.793. The molecule has 0 aromatic heterocycles. The van der Waals surface area contributed by atoms with E-state index in [0.29, 0.717) is 71.2 Å². The molecule has 4 amide bonds. The topological polar surface area (TPSA) is 375 Å². The van der Waals surface area contributed by atoms with Crippen LogP contribution in [0.3, 0.4) is 0 Å². The van der Waals surface area contributed by atoms with Crippen molar-refractivity contribution in [3.05, 3.63) is 0 Å². The Hall–Kier alpha value is -6.40. The molecule has 0 bridgehead atoms. The third-order valence-corrected chi connectivity index (χ3v) is 14.0. The zero-order valence-electron chi connectivity index (χ0n) is 51.9. The SMILES string of the molecule is CCNC(=O)CN(CCN(CC(=O)O)CC(=O)OCCCCCCOC(=O)C1CCCN1C(=O)CCCCCCCCC(=O)N1CCCC1C(=O)OCCCCCCOC)CC(=O)O.COCNC(=O)CN(CCN(CC(C)=O)CC(=O)O)CC(=O)O. The van der Waals surface area contributed by atoms with Crippen LogP contribution in [-0.2, 0) is 81.2 Å². The molecule has 2 heterocycles. The van der Waals surface area contributed by atoms with Crippen LogP contribution in [0.25, 0.3) is 0 Å². The lowest BCUT2D eigenvalue weighted by Gasteiger charge is -2.24. The number of carboxylic acids is 4. The Morgan fingerprint density at radius 3 is 1.17 bits per heavy atom. The molecule has 0 spiro atoms. The Labute approximate surface area is 511 Å². The summed E-state index contributed by atoms with van der Waals surface area (Å²) < 4.78 is 26.0. The number of carbonyl (C=O) groups excluding carboxylic acids is 8. The van der Waals surface area contributed by atoms with Gasteiger partial charge in [-0.1, -0.05) is 32.1 Å². The molecule has 0 radical (unpaired) electrons. The lowest BCUT2D eigenvalue weighted by molar-refractivity contribution is -0.153. The van der Waals surface area contributed by atoms with E-state index in [1.807, 2.05) is 0 Å². The Balaban J connectivity index is 0.00000138. The van der Waals surface area contributed by atoms with Crippen molar-refractivity contribution in [3.8, 4) is 0 Å². The number of ether oxygens (including phenoxy) is 5. The van der Waals surface area contributed by atoms with Gasteiger partial charge in [0.05, 0.1) is 72.2 Å². The van der Waals surface area contributed by atoms with Crippen LogP contribution in [0.15, 0.2) is 0 Å². The first-order chi connectivity index (χ1) is 41.6. The summed E-state index contributed by atoms with van der Waals surface area (Å²) in [4.78, 5) is 152. The highest BCUT2D eigenvalue weighted by molar-refractivity contribution is 5.86. The van der Waals surface area contributed by atoms with E-state index in [1.165, 1.54) is 33.6 Å². The fourth-order valence-corrected chi connectivity index (χ4v) is 9.75. The van der Waals surface area contributed by atoms with Crippen molar-refractivity contribution in [2.75, 3.05) is 146 Å². The van der Waals surface area contributed by atoms with Crippen molar-refractivity contribution in [3.63, 3.8) is 0 Å². The lowest BCUT2D eigenvalue weighted by atomic mass is 10.1. The van der Waals surface area contributed by atoms with E-state index in [4.69, 9.17) is 29.2 Å². The van der Waals surface area contributed by atoms with E-state index < -0.39 is 66.9 Å². The second-order valence-electron chi connectivity index (χ2n) is 21.6. The Kier molecular flexibility index (Phi) is 43.9. The van der Waals surface area contributed by atoms with Crippen molar-refractivity contribution in [2.45, 2.75) is 154 Å². The molecular formula is C58H100N8O21. The number of aliphatic carboxylic acids is 4. The number of likely N-dealkylation sites (tertiary alicyclic amines) is 2. The van der Waals surface area contributed by atoms with Crippen molar-refractivity contribution in [1.82, 2.24) is 40.0 Å². The minimum atomic E-state index is -1.17. The van der Waals surface area contributed by atoms with E-state index in [-0.39, 0.29) is 115 Å². The van der Waals surface area contributed by atoms with Crippen molar-refractivity contribution in [2.24, 2.45) is 0 Å². The maximum Gasteiger partial charge on any atom is 0.328 e. The van der Waals surface area contributed by atoms with Gasteiger partial charge in [-0.2, -0.15) is 0 Å². The largest absolute Gasteiger partial charge is 0.480 e. The molecule has 2 aliphatic heterocycles. The van der Waals surface area contributed by atoms with E-state index in [1.54, 1.807) is 23.8 Å². The van der Waals surface area contributed by atoms with Crippen LogP contribution >= 0.6 is 0 Å². The third kappa shape index (κ3) is 39.9. The highest BCUT2D eigenvalue weighted by Crippen LogP contribution is 2.23. The van der Waals surface area contributed by atoms with Gasteiger partial charge in [0.25, 0.3) is 0 Å². The summed E-state index contributed by atoms with van der Waals surface area (Å²) in [5, 5.41) is 41.2. The Morgan fingerprint density at radius 1 is 0.437 bits per heavy atom. The van der Waals surface area contributed by atoms with Gasteiger partial charge in [-0.05, 0) is 97.3 Å². The molecule has 2 fully saturated rings. The molecule has 2 atom stereocenters. The van der Waals surface area contributed by atoms with E-state index >= 15 is 0 Å². The van der Waals surface area contributed by atoms with Crippen LogP contribution in [-0.4, -0.2) is 279 Å². The summed E-state index contributed by atoms with van der Waals surface area (Å²) in [7, 11) is 3.09. The lowest BCUT2D eigenvalue weighted by Crippen LogP contribution is -2.45. The molecule has 0 saturated carbocycles. The number of nitrogens with zero attached hydrogens (tertiary/aromatic N) is 6. The van der Waals surface area contributed by atoms with E-state index in [9.17, 15) is 67.7 Å². The van der Waals surface area contributed by atoms with Crippen LogP contribution in [0, 0.1) is 0 Å². The van der Waals surface area contributed by atoms with Gasteiger partial charge < -0.3 is 64.5 Å².